The molecule has 1 aromatic carbocycles. The normalized spacial score (nSPS) is 11.9. The van der Waals surface area contributed by atoms with E-state index in [0.717, 1.165) is 16.6 Å². The topological polar surface area (TPSA) is 75.9 Å². The summed E-state index contributed by atoms with van der Waals surface area (Å²) in [6.45, 7) is 4.19. The van der Waals surface area contributed by atoms with Gasteiger partial charge in [-0.2, -0.15) is 0 Å². The second-order valence-electron chi connectivity index (χ2n) is 4.54. The Bertz CT molecular complexity index is 588. The summed E-state index contributed by atoms with van der Waals surface area (Å²) in [6.07, 6.45) is 2.50. The van der Waals surface area contributed by atoms with Crippen molar-refractivity contribution in [2.75, 3.05) is 16.4 Å². The van der Waals surface area contributed by atoms with Crippen molar-refractivity contribution in [3.63, 3.8) is 0 Å². The number of hydrogen-bond donors (Lipinski definition) is 3. The van der Waals surface area contributed by atoms with E-state index in [0.29, 0.717) is 23.4 Å². The third-order valence-corrected chi connectivity index (χ3v) is 3.70. The van der Waals surface area contributed by atoms with Crippen LogP contribution in [0.2, 0.25) is 0 Å². The Kier molecular flexibility index (Phi) is 4.79. The molecule has 20 heavy (non-hydrogen) atoms. The molecule has 4 N–H and O–H groups in total. The molecular formula is C14H18BrN5. The molecule has 0 spiro atoms. The van der Waals surface area contributed by atoms with Crippen LogP contribution < -0.4 is 16.4 Å². The molecule has 0 amide bonds. The third-order valence-electron chi connectivity index (χ3n) is 3.01. The Balaban J connectivity index is 2.25. The van der Waals surface area contributed by atoms with Gasteiger partial charge in [-0.1, -0.05) is 19.1 Å². The number of rotatable bonds is 5. The van der Waals surface area contributed by atoms with E-state index in [1.165, 1.54) is 6.33 Å². The maximum atomic E-state index is 6.12. The first kappa shape index (κ1) is 14.6. The van der Waals surface area contributed by atoms with Crippen molar-refractivity contribution in [3.05, 3.63) is 35.1 Å². The molecule has 1 atom stereocenters. The average Bonchev–Trinajstić information content (AvgIpc) is 2.45. The van der Waals surface area contributed by atoms with Crippen LogP contribution in [0.15, 0.2) is 35.1 Å². The summed E-state index contributed by atoms with van der Waals surface area (Å²) in [5.74, 6) is 1.25. The Morgan fingerprint density at radius 1 is 1.25 bits per heavy atom. The second-order valence-corrected chi connectivity index (χ2v) is 5.40. The lowest BCUT2D eigenvalue weighted by atomic mass is 10.2. The van der Waals surface area contributed by atoms with Gasteiger partial charge in [0.05, 0.1) is 5.69 Å². The number of halogens is 1. The Morgan fingerprint density at radius 2 is 1.95 bits per heavy atom. The fourth-order valence-electron chi connectivity index (χ4n) is 1.64. The van der Waals surface area contributed by atoms with Gasteiger partial charge in [0.1, 0.15) is 12.0 Å². The fraction of sp³-hybridized carbons (Fsp3) is 0.286. The van der Waals surface area contributed by atoms with Crippen LogP contribution in [0.1, 0.15) is 20.3 Å². The van der Waals surface area contributed by atoms with Gasteiger partial charge in [-0.25, -0.2) is 9.97 Å². The number of hydrogen-bond acceptors (Lipinski definition) is 5. The minimum atomic E-state index is 0.309. The van der Waals surface area contributed by atoms with E-state index in [-0.39, 0.29) is 0 Å². The van der Waals surface area contributed by atoms with Gasteiger partial charge in [-0.15, -0.1) is 0 Å². The van der Waals surface area contributed by atoms with Gasteiger partial charge in [0.15, 0.2) is 11.6 Å². The van der Waals surface area contributed by atoms with Gasteiger partial charge in [-0.05, 0) is 41.4 Å². The minimum absolute atomic E-state index is 0.309. The average molecular weight is 336 g/mol. The molecular weight excluding hydrogens is 318 g/mol. The summed E-state index contributed by atoms with van der Waals surface area (Å²) in [6, 6.07) is 8.12. The molecule has 0 aliphatic rings. The van der Waals surface area contributed by atoms with Gasteiger partial charge in [0.25, 0.3) is 0 Å². The van der Waals surface area contributed by atoms with E-state index in [2.05, 4.69) is 50.4 Å². The molecule has 1 aromatic heterocycles. The summed E-state index contributed by atoms with van der Waals surface area (Å²) in [5.41, 5.74) is 7.55. The number of anilines is 4. The van der Waals surface area contributed by atoms with Crippen molar-refractivity contribution in [1.29, 1.82) is 0 Å². The van der Waals surface area contributed by atoms with Crippen LogP contribution in [0.4, 0.5) is 23.0 Å². The van der Waals surface area contributed by atoms with Crippen molar-refractivity contribution < 1.29 is 0 Å². The molecule has 6 heteroatoms. The zero-order chi connectivity index (χ0) is 14.5. The molecule has 2 rings (SSSR count). The Morgan fingerprint density at radius 3 is 2.65 bits per heavy atom. The lowest BCUT2D eigenvalue weighted by molar-refractivity contribution is 0.759. The number of nitrogens with two attached hydrogens (primary N) is 1. The summed E-state index contributed by atoms with van der Waals surface area (Å²) >= 11 is 3.49. The zero-order valence-corrected chi connectivity index (χ0v) is 13.1. The van der Waals surface area contributed by atoms with Gasteiger partial charge in [0.2, 0.25) is 0 Å². The molecule has 1 heterocycles. The van der Waals surface area contributed by atoms with E-state index in [1.807, 2.05) is 24.3 Å². The predicted octanol–water partition coefficient (Wildman–Crippen LogP) is 3.78. The predicted molar refractivity (Wildman–Crippen MR) is 87.2 cm³/mol. The van der Waals surface area contributed by atoms with E-state index in [1.54, 1.807) is 0 Å². The highest BCUT2D eigenvalue weighted by atomic mass is 79.9. The summed E-state index contributed by atoms with van der Waals surface area (Å²) < 4.78 is 0.953. The molecule has 0 bridgehead atoms. The van der Waals surface area contributed by atoms with Crippen LogP contribution in [-0.2, 0) is 0 Å². The number of nitrogens with zero attached hydrogens (tertiary/aromatic N) is 2. The summed E-state index contributed by atoms with van der Waals surface area (Å²) in [5, 5.41) is 6.48. The molecule has 106 valence electrons. The van der Waals surface area contributed by atoms with Crippen molar-refractivity contribution in [2.24, 2.45) is 0 Å². The van der Waals surface area contributed by atoms with E-state index < -0.39 is 0 Å². The number of para-hydroxylation sites is 1. The largest absolute Gasteiger partial charge is 0.393 e. The fourth-order valence-corrected chi connectivity index (χ4v) is 2.02. The molecule has 0 aliphatic heterocycles. The van der Waals surface area contributed by atoms with Crippen molar-refractivity contribution in [3.8, 4) is 0 Å². The zero-order valence-electron chi connectivity index (χ0n) is 11.5. The van der Waals surface area contributed by atoms with E-state index in [9.17, 15) is 0 Å². The van der Waals surface area contributed by atoms with E-state index >= 15 is 0 Å². The second kappa shape index (κ2) is 6.56. The highest BCUT2D eigenvalue weighted by molar-refractivity contribution is 9.10. The molecule has 0 radical (unpaired) electrons. The molecule has 1 unspecified atom stereocenters. The third kappa shape index (κ3) is 3.39. The number of nitrogens with one attached hydrogen (secondary N) is 2. The van der Waals surface area contributed by atoms with Gasteiger partial charge >= 0.3 is 0 Å². The van der Waals surface area contributed by atoms with Crippen LogP contribution in [0.25, 0.3) is 0 Å². The van der Waals surface area contributed by atoms with Gasteiger partial charge in [0, 0.05) is 10.5 Å². The SMILES string of the molecule is CCC(C)Nc1ncnc(Nc2ccccc2Br)c1N. The highest BCUT2D eigenvalue weighted by Gasteiger charge is 2.10. The Labute approximate surface area is 127 Å². The highest BCUT2D eigenvalue weighted by Crippen LogP contribution is 2.29. The summed E-state index contributed by atoms with van der Waals surface area (Å²) in [7, 11) is 0. The minimum Gasteiger partial charge on any atom is -0.393 e. The van der Waals surface area contributed by atoms with Gasteiger partial charge < -0.3 is 16.4 Å². The quantitative estimate of drug-likeness (QED) is 0.775. The molecule has 5 nitrogen and oxygen atoms in total. The van der Waals surface area contributed by atoms with E-state index in [4.69, 9.17) is 5.73 Å². The number of benzene rings is 1. The lowest BCUT2D eigenvalue weighted by Crippen LogP contribution is -2.16. The monoisotopic (exact) mass is 335 g/mol. The maximum Gasteiger partial charge on any atom is 0.159 e. The molecule has 0 saturated heterocycles. The van der Waals surface area contributed by atoms with Crippen molar-refractivity contribution in [1.82, 2.24) is 9.97 Å². The first-order valence-electron chi connectivity index (χ1n) is 6.50. The molecule has 2 aromatic rings. The van der Waals surface area contributed by atoms with Crippen LogP contribution in [-0.4, -0.2) is 16.0 Å². The van der Waals surface area contributed by atoms with Crippen LogP contribution >= 0.6 is 15.9 Å². The van der Waals surface area contributed by atoms with Crippen molar-refractivity contribution >= 4 is 38.9 Å². The first-order valence-corrected chi connectivity index (χ1v) is 7.29. The molecule has 0 aliphatic carbocycles. The standard InChI is InChI=1S/C14H18BrN5/c1-3-9(2)19-13-12(16)14(18-8-17-13)20-11-7-5-4-6-10(11)15/h4-9H,3,16H2,1-2H3,(H2,17,18,19,20). The lowest BCUT2D eigenvalue weighted by Gasteiger charge is -2.16. The van der Waals surface area contributed by atoms with Crippen LogP contribution in [0.3, 0.4) is 0 Å². The van der Waals surface area contributed by atoms with Crippen LogP contribution in [0, 0.1) is 0 Å². The molecule has 0 fully saturated rings. The maximum absolute atomic E-state index is 6.12. The number of nitrogen functional groups attached to an aromatic ring is 1. The van der Waals surface area contributed by atoms with Crippen LogP contribution in [0.5, 0.6) is 0 Å². The van der Waals surface area contributed by atoms with Gasteiger partial charge in [-0.3, -0.25) is 0 Å². The first-order chi connectivity index (χ1) is 9.61. The Hall–Kier alpha value is -1.82. The smallest absolute Gasteiger partial charge is 0.159 e. The number of aromatic nitrogens is 2. The summed E-state index contributed by atoms with van der Waals surface area (Å²) in [4.78, 5) is 8.39. The molecule has 0 saturated carbocycles. The van der Waals surface area contributed by atoms with Crippen molar-refractivity contribution in [2.45, 2.75) is 26.3 Å².